The lowest BCUT2D eigenvalue weighted by Crippen LogP contribution is -2.46. The number of para-hydroxylation sites is 1. The average molecular weight is 461 g/mol. The number of amides is 2. The first kappa shape index (κ1) is 22.0. The maximum Gasteiger partial charge on any atom is 0.257 e. The number of hydrogen-bond acceptors (Lipinski definition) is 5. The molecule has 0 bridgehead atoms. The van der Waals surface area contributed by atoms with E-state index in [1.54, 1.807) is 32.5 Å². The van der Waals surface area contributed by atoms with Gasteiger partial charge in [0.05, 0.1) is 31.4 Å². The summed E-state index contributed by atoms with van der Waals surface area (Å²) in [5.74, 6) is 1.36. The first-order valence-corrected chi connectivity index (χ1v) is 11.5. The third-order valence-electron chi connectivity index (χ3n) is 7.16. The molecule has 2 fully saturated rings. The van der Waals surface area contributed by atoms with Gasteiger partial charge in [0.1, 0.15) is 11.5 Å². The number of nitrogens with one attached hydrogen (secondary N) is 1. The molecule has 8 nitrogen and oxygen atoms in total. The number of carbonyl (C=O) groups is 2. The van der Waals surface area contributed by atoms with Crippen LogP contribution >= 0.6 is 0 Å². The van der Waals surface area contributed by atoms with Crippen molar-refractivity contribution in [2.45, 2.75) is 19.3 Å². The molecule has 5 rings (SSSR count). The number of aromatic amines is 1. The summed E-state index contributed by atoms with van der Waals surface area (Å²) >= 11 is 0. The summed E-state index contributed by atoms with van der Waals surface area (Å²) in [7, 11) is 3.20. The molecule has 8 heteroatoms. The van der Waals surface area contributed by atoms with Crippen molar-refractivity contribution in [1.29, 1.82) is 0 Å². The van der Waals surface area contributed by atoms with Gasteiger partial charge in [-0.2, -0.15) is 5.10 Å². The average Bonchev–Trinajstić information content (AvgIpc) is 3.53. The molecule has 0 atom stereocenters. The Hall–Kier alpha value is -3.81. The monoisotopic (exact) mass is 460 g/mol. The molecule has 0 saturated carbocycles. The summed E-state index contributed by atoms with van der Waals surface area (Å²) in [6.07, 6.45) is 5.66. The quantitative estimate of drug-likeness (QED) is 0.627. The molecule has 2 aliphatic heterocycles. The fraction of sp³-hybridized carbons (Fsp3) is 0.346. The zero-order chi connectivity index (χ0) is 23.7. The van der Waals surface area contributed by atoms with Gasteiger partial charge >= 0.3 is 0 Å². The molecule has 1 aromatic heterocycles. The van der Waals surface area contributed by atoms with Crippen molar-refractivity contribution in [3.63, 3.8) is 0 Å². The number of rotatable bonds is 5. The summed E-state index contributed by atoms with van der Waals surface area (Å²) in [4.78, 5) is 30.4. The van der Waals surface area contributed by atoms with Crippen LogP contribution in [-0.4, -0.2) is 60.8 Å². The first-order chi connectivity index (χ1) is 16.6. The van der Waals surface area contributed by atoms with Gasteiger partial charge in [0.15, 0.2) is 0 Å². The second-order valence-corrected chi connectivity index (χ2v) is 8.85. The lowest BCUT2D eigenvalue weighted by atomic mass is 9.77. The van der Waals surface area contributed by atoms with Crippen LogP contribution in [0.2, 0.25) is 0 Å². The highest BCUT2D eigenvalue weighted by Crippen LogP contribution is 2.44. The standard InChI is InChI=1S/C26H28N4O4/c1-33-22-6-4-3-5-21(22)24(31)29-12-9-26(10-13-29)11-14-30(25(26)32)19-7-8-20(23(15-19)34-2)18-16-27-28-17-18/h3-8,15-17H,9-14H2,1-2H3,(H,27,28). The zero-order valence-corrected chi connectivity index (χ0v) is 19.4. The fourth-order valence-electron chi connectivity index (χ4n) is 5.14. The van der Waals surface area contributed by atoms with E-state index in [0.29, 0.717) is 49.5 Å². The Balaban J connectivity index is 1.30. The molecule has 2 aliphatic rings. The van der Waals surface area contributed by atoms with Gasteiger partial charge in [-0.25, -0.2) is 0 Å². The van der Waals surface area contributed by atoms with Gasteiger partial charge in [0.2, 0.25) is 5.91 Å². The van der Waals surface area contributed by atoms with E-state index >= 15 is 0 Å². The summed E-state index contributed by atoms with van der Waals surface area (Å²) < 4.78 is 11.0. The number of anilines is 1. The van der Waals surface area contributed by atoms with Gasteiger partial charge in [-0.15, -0.1) is 0 Å². The topological polar surface area (TPSA) is 87.8 Å². The SMILES string of the molecule is COc1ccccc1C(=O)N1CCC2(CC1)CCN(c1ccc(-c3cn[nH]c3)c(OC)c1)C2=O. The van der Waals surface area contributed by atoms with Crippen LogP contribution in [0, 0.1) is 5.41 Å². The Bertz CT molecular complexity index is 1200. The highest BCUT2D eigenvalue weighted by molar-refractivity contribution is 6.01. The molecule has 0 aliphatic carbocycles. The van der Waals surface area contributed by atoms with Crippen LogP contribution in [0.3, 0.4) is 0 Å². The number of carbonyl (C=O) groups excluding carboxylic acids is 2. The molecule has 1 spiro atoms. The van der Waals surface area contributed by atoms with Crippen LogP contribution in [0.1, 0.15) is 29.6 Å². The molecule has 3 heterocycles. The number of hydrogen-bond donors (Lipinski definition) is 1. The van der Waals surface area contributed by atoms with E-state index in [-0.39, 0.29) is 11.8 Å². The number of benzene rings is 2. The molecule has 34 heavy (non-hydrogen) atoms. The first-order valence-electron chi connectivity index (χ1n) is 11.5. The predicted molar refractivity (Wildman–Crippen MR) is 128 cm³/mol. The second kappa shape index (κ2) is 8.85. The Labute approximate surface area is 198 Å². The Morgan fingerprint density at radius 1 is 1.00 bits per heavy atom. The maximum absolute atomic E-state index is 13.6. The van der Waals surface area contributed by atoms with Crippen molar-refractivity contribution in [3.05, 3.63) is 60.4 Å². The maximum atomic E-state index is 13.6. The Morgan fingerprint density at radius 3 is 2.44 bits per heavy atom. The number of likely N-dealkylation sites (tertiary alicyclic amines) is 1. The molecule has 2 saturated heterocycles. The minimum atomic E-state index is -0.423. The van der Waals surface area contributed by atoms with Crippen LogP contribution in [0.15, 0.2) is 54.9 Å². The van der Waals surface area contributed by atoms with Crippen molar-refractivity contribution in [2.75, 3.05) is 38.8 Å². The van der Waals surface area contributed by atoms with E-state index in [0.717, 1.165) is 23.2 Å². The van der Waals surface area contributed by atoms with Crippen molar-refractivity contribution < 1.29 is 19.1 Å². The van der Waals surface area contributed by atoms with Crippen LogP contribution in [0.5, 0.6) is 11.5 Å². The summed E-state index contributed by atoms with van der Waals surface area (Å²) in [6, 6.07) is 13.1. The van der Waals surface area contributed by atoms with Crippen LogP contribution in [-0.2, 0) is 4.79 Å². The molecular weight excluding hydrogens is 432 g/mol. The number of H-pyrrole nitrogens is 1. The second-order valence-electron chi connectivity index (χ2n) is 8.85. The number of ether oxygens (including phenoxy) is 2. The van der Waals surface area contributed by atoms with E-state index in [1.807, 2.05) is 46.3 Å². The molecule has 1 N–H and O–H groups in total. The third kappa shape index (κ3) is 3.69. The smallest absolute Gasteiger partial charge is 0.257 e. The number of nitrogens with zero attached hydrogens (tertiary/aromatic N) is 3. The van der Waals surface area contributed by atoms with Crippen molar-refractivity contribution in [3.8, 4) is 22.6 Å². The van der Waals surface area contributed by atoms with Crippen LogP contribution in [0.4, 0.5) is 5.69 Å². The summed E-state index contributed by atoms with van der Waals surface area (Å²) in [5, 5.41) is 6.83. The van der Waals surface area contributed by atoms with E-state index in [2.05, 4.69) is 10.2 Å². The molecule has 0 radical (unpaired) electrons. The van der Waals surface area contributed by atoms with Crippen LogP contribution in [0.25, 0.3) is 11.1 Å². The molecule has 0 unspecified atom stereocenters. The van der Waals surface area contributed by atoms with E-state index in [4.69, 9.17) is 9.47 Å². The van der Waals surface area contributed by atoms with Crippen molar-refractivity contribution in [2.24, 2.45) is 5.41 Å². The lowest BCUT2D eigenvalue weighted by molar-refractivity contribution is -0.127. The van der Waals surface area contributed by atoms with E-state index < -0.39 is 5.41 Å². The van der Waals surface area contributed by atoms with Gasteiger partial charge < -0.3 is 19.3 Å². The zero-order valence-electron chi connectivity index (χ0n) is 19.4. The molecule has 2 aromatic carbocycles. The number of piperidine rings is 1. The summed E-state index contributed by atoms with van der Waals surface area (Å²) in [6.45, 7) is 1.77. The van der Waals surface area contributed by atoms with Gasteiger partial charge in [-0.05, 0) is 43.5 Å². The van der Waals surface area contributed by atoms with Crippen LogP contribution < -0.4 is 14.4 Å². The number of methoxy groups -OCH3 is 2. The van der Waals surface area contributed by atoms with Gasteiger partial charge in [0.25, 0.3) is 5.91 Å². The lowest BCUT2D eigenvalue weighted by Gasteiger charge is -2.38. The minimum Gasteiger partial charge on any atom is -0.496 e. The fourth-order valence-corrected chi connectivity index (χ4v) is 5.14. The van der Waals surface area contributed by atoms with E-state index in [9.17, 15) is 9.59 Å². The van der Waals surface area contributed by atoms with Gasteiger partial charge in [-0.1, -0.05) is 12.1 Å². The molecular formula is C26H28N4O4. The summed E-state index contributed by atoms with van der Waals surface area (Å²) in [5.41, 5.74) is 2.82. The van der Waals surface area contributed by atoms with E-state index in [1.165, 1.54) is 0 Å². The molecule has 2 amide bonds. The normalized spacial score (nSPS) is 17.3. The predicted octanol–water partition coefficient (Wildman–Crippen LogP) is 3.75. The van der Waals surface area contributed by atoms with Crippen molar-refractivity contribution >= 4 is 17.5 Å². The highest BCUT2D eigenvalue weighted by Gasteiger charge is 2.49. The highest BCUT2D eigenvalue weighted by atomic mass is 16.5. The third-order valence-corrected chi connectivity index (χ3v) is 7.16. The van der Waals surface area contributed by atoms with Gasteiger partial charge in [0, 0.05) is 48.7 Å². The number of aromatic nitrogens is 2. The minimum absolute atomic E-state index is 0.0471. The molecule has 176 valence electrons. The Kier molecular flexibility index (Phi) is 5.73. The Morgan fingerprint density at radius 2 is 1.74 bits per heavy atom. The van der Waals surface area contributed by atoms with Crippen molar-refractivity contribution in [1.82, 2.24) is 15.1 Å². The largest absolute Gasteiger partial charge is 0.496 e. The van der Waals surface area contributed by atoms with Gasteiger partial charge in [-0.3, -0.25) is 14.7 Å². The molecule has 3 aromatic rings.